The molecule has 0 aliphatic carbocycles. The highest BCUT2D eigenvalue weighted by molar-refractivity contribution is 7.91. The van der Waals surface area contributed by atoms with Gasteiger partial charge in [-0.25, -0.2) is 13.4 Å². The Balaban J connectivity index is 1.73. The molecular weight excluding hydrogens is 306 g/mol. The van der Waals surface area contributed by atoms with E-state index in [1.165, 1.54) is 19.0 Å². The molecule has 3 rings (SSSR count). The number of halogens is 1. The molecule has 0 saturated carbocycles. The predicted octanol–water partition coefficient (Wildman–Crippen LogP) is 1.66. The molecule has 2 saturated heterocycles. The Hall–Kier alpha value is -0.210. The summed E-state index contributed by atoms with van der Waals surface area (Å²) in [6.07, 6.45) is 4.73. The molecule has 1 unspecified atom stereocenters. The van der Waals surface area contributed by atoms with Crippen molar-refractivity contribution in [3.05, 3.63) is 10.7 Å². The van der Waals surface area contributed by atoms with Gasteiger partial charge in [0, 0.05) is 19.1 Å². The lowest BCUT2D eigenvalue weighted by Gasteiger charge is -2.23. The monoisotopic (exact) mass is 321 g/mol. The van der Waals surface area contributed by atoms with Gasteiger partial charge in [-0.05, 0) is 32.4 Å². The maximum absolute atomic E-state index is 12.4. The third-order valence-electron chi connectivity index (χ3n) is 3.83. The Bertz CT molecular complexity index is 554. The molecule has 2 aliphatic rings. The minimum Gasteiger partial charge on any atom is -0.299 e. The van der Waals surface area contributed by atoms with Gasteiger partial charge in [-0.1, -0.05) is 22.9 Å². The van der Waals surface area contributed by atoms with Gasteiger partial charge in [-0.15, -0.1) is 0 Å². The molecule has 1 aromatic heterocycles. The molecule has 0 radical (unpaired) electrons. The van der Waals surface area contributed by atoms with Crippen LogP contribution in [0.1, 0.15) is 19.3 Å². The Morgan fingerprint density at radius 3 is 2.68 bits per heavy atom. The molecule has 0 N–H and O–H groups in total. The number of likely N-dealkylation sites (tertiary alicyclic amines) is 1. The zero-order valence-corrected chi connectivity index (χ0v) is 12.8. The highest BCUT2D eigenvalue weighted by Gasteiger charge is 2.36. The standard InChI is InChI=1S/C11H16ClN3O2S2/c12-11-13-7-10(18-11)19(16,17)15-6-3-9(8-15)14-4-1-2-5-14/h7,9H,1-6,8H2. The summed E-state index contributed by atoms with van der Waals surface area (Å²) in [4.78, 5) is 6.23. The Morgan fingerprint density at radius 2 is 2.05 bits per heavy atom. The van der Waals surface area contributed by atoms with E-state index in [9.17, 15) is 8.42 Å². The van der Waals surface area contributed by atoms with Crippen LogP contribution in [-0.4, -0.2) is 54.8 Å². The van der Waals surface area contributed by atoms with E-state index in [0.29, 0.717) is 19.1 Å². The number of rotatable bonds is 3. The average Bonchev–Trinajstić information content (AvgIpc) is 3.10. The summed E-state index contributed by atoms with van der Waals surface area (Å²) in [6, 6.07) is 0.376. The van der Waals surface area contributed by atoms with Crippen LogP contribution in [0, 0.1) is 0 Å². The SMILES string of the molecule is O=S(=O)(c1cnc(Cl)s1)N1CCC(N2CCCC2)C1. The van der Waals surface area contributed by atoms with Crippen molar-refractivity contribution < 1.29 is 8.42 Å². The Labute approximate surface area is 122 Å². The quantitative estimate of drug-likeness (QED) is 0.849. The topological polar surface area (TPSA) is 53.5 Å². The maximum Gasteiger partial charge on any atom is 0.254 e. The number of sulfonamides is 1. The van der Waals surface area contributed by atoms with Crippen LogP contribution in [0.4, 0.5) is 0 Å². The van der Waals surface area contributed by atoms with Crippen LogP contribution in [0.5, 0.6) is 0 Å². The van der Waals surface area contributed by atoms with Crippen molar-refractivity contribution in [3.63, 3.8) is 0 Å². The maximum atomic E-state index is 12.4. The van der Waals surface area contributed by atoms with E-state index in [1.54, 1.807) is 4.31 Å². The number of hydrogen-bond donors (Lipinski definition) is 0. The second-order valence-electron chi connectivity index (χ2n) is 4.98. The van der Waals surface area contributed by atoms with Crippen molar-refractivity contribution in [2.75, 3.05) is 26.2 Å². The number of aromatic nitrogens is 1. The second-order valence-corrected chi connectivity index (χ2v) is 8.76. The molecule has 0 bridgehead atoms. The number of thiazole rings is 1. The van der Waals surface area contributed by atoms with Crippen LogP contribution < -0.4 is 0 Å². The lowest BCUT2D eigenvalue weighted by atomic mass is 10.2. The molecule has 2 fully saturated rings. The lowest BCUT2D eigenvalue weighted by Crippen LogP contribution is -2.36. The predicted molar refractivity (Wildman–Crippen MR) is 75.1 cm³/mol. The minimum absolute atomic E-state index is 0.250. The lowest BCUT2D eigenvalue weighted by molar-refractivity contribution is 0.251. The Kier molecular flexibility index (Phi) is 3.83. The molecule has 1 atom stereocenters. The van der Waals surface area contributed by atoms with Crippen LogP contribution in [0.2, 0.25) is 4.47 Å². The van der Waals surface area contributed by atoms with Crippen molar-refractivity contribution in [1.82, 2.24) is 14.2 Å². The Morgan fingerprint density at radius 1 is 1.32 bits per heavy atom. The summed E-state index contributed by atoms with van der Waals surface area (Å²) in [5, 5.41) is 0. The van der Waals surface area contributed by atoms with E-state index in [-0.39, 0.29) is 8.68 Å². The van der Waals surface area contributed by atoms with Crippen LogP contribution in [-0.2, 0) is 10.0 Å². The summed E-state index contributed by atoms with van der Waals surface area (Å²) >= 11 is 6.75. The normalized spacial score (nSPS) is 26.3. The molecule has 5 nitrogen and oxygen atoms in total. The third kappa shape index (κ3) is 2.67. The van der Waals surface area contributed by atoms with Crippen molar-refractivity contribution >= 4 is 33.0 Å². The van der Waals surface area contributed by atoms with Crippen LogP contribution in [0.25, 0.3) is 0 Å². The highest BCUT2D eigenvalue weighted by Crippen LogP contribution is 2.29. The van der Waals surface area contributed by atoms with Gasteiger partial charge >= 0.3 is 0 Å². The minimum atomic E-state index is -3.40. The molecule has 8 heteroatoms. The largest absolute Gasteiger partial charge is 0.299 e. The molecule has 0 aromatic carbocycles. The van der Waals surface area contributed by atoms with Crippen LogP contribution in [0.15, 0.2) is 10.4 Å². The van der Waals surface area contributed by atoms with Gasteiger partial charge in [0.05, 0.1) is 6.20 Å². The van der Waals surface area contributed by atoms with Gasteiger partial charge in [0.25, 0.3) is 10.0 Å². The number of hydrogen-bond acceptors (Lipinski definition) is 5. The zero-order chi connectivity index (χ0) is 13.5. The third-order valence-corrected chi connectivity index (χ3v) is 7.25. The van der Waals surface area contributed by atoms with Crippen molar-refractivity contribution in [2.45, 2.75) is 29.5 Å². The smallest absolute Gasteiger partial charge is 0.254 e. The molecule has 106 valence electrons. The van der Waals surface area contributed by atoms with E-state index in [1.807, 2.05) is 0 Å². The zero-order valence-electron chi connectivity index (χ0n) is 10.5. The van der Waals surface area contributed by atoms with Crippen LogP contribution in [0.3, 0.4) is 0 Å². The van der Waals surface area contributed by atoms with E-state index in [4.69, 9.17) is 11.6 Å². The average molecular weight is 322 g/mol. The summed E-state index contributed by atoms with van der Waals surface area (Å²) in [5.74, 6) is 0. The second kappa shape index (κ2) is 5.29. The van der Waals surface area contributed by atoms with Gasteiger partial charge in [-0.3, -0.25) is 4.90 Å². The van der Waals surface area contributed by atoms with Gasteiger partial charge in [0.2, 0.25) is 0 Å². The molecular formula is C11H16ClN3O2S2. The van der Waals surface area contributed by atoms with E-state index in [0.717, 1.165) is 30.8 Å². The van der Waals surface area contributed by atoms with Crippen molar-refractivity contribution in [3.8, 4) is 0 Å². The van der Waals surface area contributed by atoms with Gasteiger partial charge < -0.3 is 0 Å². The fraction of sp³-hybridized carbons (Fsp3) is 0.727. The molecule has 0 amide bonds. The van der Waals surface area contributed by atoms with Gasteiger partial charge in [-0.2, -0.15) is 4.31 Å². The number of nitrogens with zero attached hydrogens (tertiary/aromatic N) is 3. The van der Waals surface area contributed by atoms with E-state index < -0.39 is 10.0 Å². The first-order valence-electron chi connectivity index (χ1n) is 6.43. The van der Waals surface area contributed by atoms with Crippen molar-refractivity contribution in [1.29, 1.82) is 0 Å². The molecule has 19 heavy (non-hydrogen) atoms. The molecule has 0 spiro atoms. The van der Waals surface area contributed by atoms with E-state index in [2.05, 4.69) is 9.88 Å². The van der Waals surface area contributed by atoms with Gasteiger partial charge in [0.1, 0.15) is 0 Å². The first kappa shape index (κ1) is 13.8. The summed E-state index contributed by atoms with van der Waals surface area (Å²) in [5.41, 5.74) is 0. The fourth-order valence-corrected chi connectivity index (χ4v) is 5.76. The van der Waals surface area contributed by atoms with Crippen molar-refractivity contribution in [2.24, 2.45) is 0 Å². The summed E-state index contributed by atoms with van der Waals surface area (Å²) < 4.78 is 26.9. The van der Waals surface area contributed by atoms with E-state index >= 15 is 0 Å². The molecule has 2 aliphatic heterocycles. The van der Waals surface area contributed by atoms with Gasteiger partial charge in [0.15, 0.2) is 8.68 Å². The first-order valence-corrected chi connectivity index (χ1v) is 9.06. The fourth-order valence-electron chi connectivity index (χ4n) is 2.82. The molecule has 3 heterocycles. The van der Waals surface area contributed by atoms with Crippen LogP contribution >= 0.6 is 22.9 Å². The highest BCUT2D eigenvalue weighted by atomic mass is 35.5. The summed E-state index contributed by atoms with van der Waals surface area (Å²) in [6.45, 7) is 3.40. The molecule has 1 aromatic rings. The summed E-state index contributed by atoms with van der Waals surface area (Å²) in [7, 11) is -3.40. The first-order chi connectivity index (χ1) is 9.07.